The van der Waals surface area contributed by atoms with Gasteiger partial charge in [0.1, 0.15) is 0 Å². The monoisotopic (exact) mass is 178 g/mol. The smallest absolute Gasteiger partial charge is 0.0999 e. The molecule has 1 aromatic carbocycles. The van der Waals surface area contributed by atoms with E-state index in [9.17, 15) is 5.11 Å². The van der Waals surface area contributed by atoms with E-state index in [1.165, 1.54) is 0 Å². The van der Waals surface area contributed by atoms with E-state index in [4.69, 9.17) is 5.11 Å². The fourth-order valence-corrected chi connectivity index (χ4v) is 1.15. The molecule has 0 aliphatic heterocycles. The lowest BCUT2D eigenvalue weighted by atomic mass is 10.0. The van der Waals surface area contributed by atoms with Crippen molar-refractivity contribution in [2.75, 3.05) is 6.61 Å². The highest BCUT2D eigenvalue weighted by atomic mass is 16.3. The SMILES string of the molecule is C/C(=C/CO)[C@@H](O)c1ccccc1. The van der Waals surface area contributed by atoms with Gasteiger partial charge < -0.3 is 10.2 Å². The summed E-state index contributed by atoms with van der Waals surface area (Å²) in [6.45, 7) is 1.77. The van der Waals surface area contributed by atoms with Crippen LogP contribution in [0.3, 0.4) is 0 Å². The van der Waals surface area contributed by atoms with E-state index in [1.807, 2.05) is 30.3 Å². The second-order valence-corrected chi connectivity index (χ2v) is 2.94. The normalized spacial score (nSPS) is 14.2. The lowest BCUT2D eigenvalue weighted by Crippen LogP contribution is -1.99. The van der Waals surface area contributed by atoms with Crippen molar-refractivity contribution in [2.45, 2.75) is 13.0 Å². The minimum Gasteiger partial charge on any atom is -0.392 e. The van der Waals surface area contributed by atoms with Gasteiger partial charge in [-0.3, -0.25) is 0 Å². The number of aliphatic hydroxyl groups is 2. The highest BCUT2D eigenvalue weighted by Crippen LogP contribution is 2.19. The third-order valence-electron chi connectivity index (χ3n) is 1.96. The molecule has 13 heavy (non-hydrogen) atoms. The first-order valence-electron chi connectivity index (χ1n) is 4.26. The molecule has 2 N–H and O–H groups in total. The first-order chi connectivity index (χ1) is 6.25. The Balaban J connectivity index is 2.79. The summed E-state index contributed by atoms with van der Waals surface area (Å²) in [4.78, 5) is 0. The van der Waals surface area contributed by atoms with Gasteiger partial charge >= 0.3 is 0 Å². The summed E-state index contributed by atoms with van der Waals surface area (Å²) in [5, 5.41) is 18.4. The van der Waals surface area contributed by atoms with Crippen LogP contribution in [-0.4, -0.2) is 16.8 Å². The summed E-state index contributed by atoms with van der Waals surface area (Å²) in [5.41, 5.74) is 1.62. The molecular weight excluding hydrogens is 164 g/mol. The maximum absolute atomic E-state index is 9.74. The molecule has 0 unspecified atom stereocenters. The lowest BCUT2D eigenvalue weighted by Gasteiger charge is -2.10. The predicted octanol–water partition coefficient (Wildman–Crippen LogP) is 1.66. The Morgan fingerprint density at radius 3 is 2.54 bits per heavy atom. The van der Waals surface area contributed by atoms with Crippen LogP contribution in [0, 0.1) is 0 Å². The van der Waals surface area contributed by atoms with Gasteiger partial charge in [-0.05, 0) is 18.1 Å². The Morgan fingerprint density at radius 2 is 2.00 bits per heavy atom. The van der Waals surface area contributed by atoms with Crippen LogP contribution in [-0.2, 0) is 0 Å². The summed E-state index contributed by atoms with van der Waals surface area (Å²) in [6.07, 6.45) is 1.01. The third-order valence-corrected chi connectivity index (χ3v) is 1.96. The van der Waals surface area contributed by atoms with E-state index >= 15 is 0 Å². The van der Waals surface area contributed by atoms with Crippen LogP contribution in [0.2, 0.25) is 0 Å². The van der Waals surface area contributed by atoms with Crippen LogP contribution in [0.5, 0.6) is 0 Å². The lowest BCUT2D eigenvalue weighted by molar-refractivity contribution is 0.213. The van der Waals surface area contributed by atoms with E-state index in [-0.39, 0.29) is 6.61 Å². The van der Waals surface area contributed by atoms with Gasteiger partial charge in [0, 0.05) is 0 Å². The summed E-state index contributed by atoms with van der Waals surface area (Å²) in [5.74, 6) is 0. The van der Waals surface area contributed by atoms with E-state index in [2.05, 4.69) is 0 Å². The molecule has 0 radical (unpaired) electrons. The molecule has 0 amide bonds. The molecule has 0 heterocycles. The van der Waals surface area contributed by atoms with Crippen LogP contribution < -0.4 is 0 Å². The minimum atomic E-state index is -0.603. The first kappa shape index (κ1) is 9.96. The van der Waals surface area contributed by atoms with Crippen molar-refractivity contribution in [1.82, 2.24) is 0 Å². The molecule has 0 aliphatic carbocycles. The van der Waals surface area contributed by atoms with Gasteiger partial charge in [-0.1, -0.05) is 36.4 Å². The van der Waals surface area contributed by atoms with Crippen LogP contribution in [0.1, 0.15) is 18.6 Å². The Morgan fingerprint density at radius 1 is 1.38 bits per heavy atom. The minimum absolute atomic E-state index is 0.0320. The maximum atomic E-state index is 9.74. The Hall–Kier alpha value is -1.12. The number of rotatable bonds is 3. The van der Waals surface area contributed by atoms with Gasteiger partial charge in [-0.15, -0.1) is 0 Å². The van der Waals surface area contributed by atoms with Crippen molar-refractivity contribution in [2.24, 2.45) is 0 Å². The van der Waals surface area contributed by atoms with Gasteiger partial charge in [-0.25, -0.2) is 0 Å². The number of hydrogen-bond acceptors (Lipinski definition) is 2. The molecule has 2 heteroatoms. The molecule has 1 rings (SSSR count). The van der Waals surface area contributed by atoms with Crippen LogP contribution in [0.15, 0.2) is 42.0 Å². The highest BCUT2D eigenvalue weighted by Gasteiger charge is 2.07. The van der Waals surface area contributed by atoms with E-state index in [1.54, 1.807) is 13.0 Å². The van der Waals surface area contributed by atoms with Crippen molar-refractivity contribution in [3.8, 4) is 0 Å². The Kier molecular flexibility index (Phi) is 3.68. The molecular formula is C11H14O2. The van der Waals surface area contributed by atoms with Crippen LogP contribution >= 0.6 is 0 Å². The van der Waals surface area contributed by atoms with Gasteiger partial charge in [0.25, 0.3) is 0 Å². The number of benzene rings is 1. The number of aliphatic hydroxyl groups excluding tert-OH is 2. The number of hydrogen-bond donors (Lipinski definition) is 2. The molecule has 0 bridgehead atoms. The Labute approximate surface area is 78.2 Å². The molecule has 1 atom stereocenters. The quantitative estimate of drug-likeness (QED) is 0.691. The summed E-state index contributed by atoms with van der Waals surface area (Å²) < 4.78 is 0. The molecule has 0 spiro atoms. The molecule has 0 saturated heterocycles. The van der Waals surface area contributed by atoms with Crippen molar-refractivity contribution in [3.63, 3.8) is 0 Å². The summed E-state index contributed by atoms with van der Waals surface area (Å²) >= 11 is 0. The average Bonchev–Trinajstić information content (AvgIpc) is 2.18. The second kappa shape index (κ2) is 4.80. The van der Waals surface area contributed by atoms with E-state index in [0.29, 0.717) is 0 Å². The molecule has 0 saturated carbocycles. The van der Waals surface area contributed by atoms with Gasteiger partial charge in [0.2, 0.25) is 0 Å². The molecule has 1 aromatic rings. The maximum Gasteiger partial charge on any atom is 0.0999 e. The van der Waals surface area contributed by atoms with Crippen molar-refractivity contribution in [1.29, 1.82) is 0 Å². The molecule has 0 aliphatic rings. The zero-order chi connectivity index (χ0) is 9.68. The largest absolute Gasteiger partial charge is 0.392 e. The molecule has 0 fully saturated rings. The zero-order valence-electron chi connectivity index (χ0n) is 7.64. The fraction of sp³-hybridized carbons (Fsp3) is 0.273. The average molecular weight is 178 g/mol. The van der Waals surface area contributed by atoms with Crippen LogP contribution in [0.25, 0.3) is 0 Å². The van der Waals surface area contributed by atoms with E-state index in [0.717, 1.165) is 11.1 Å². The molecule has 0 aromatic heterocycles. The summed E-state index contributed by atoms with van der Waals surface area (Å²) in [7, 11) is 0. The van der Waals surface area contributed by atoms with Crippen molar-refractivity contribution >= 4 is 0 Å². The fourth-order valence-electron chi connectivity index (χ4n) is 1.15. The van der Waals surface area contributed by atoms with Gasteiger partial charge in [0.15, 0.2) is 0 Å². The highest BCUT2D eigenvalue weighted by molar-refractivity contribution is 5.24. The van der Waals surface area contributed by atoms with Crippen molar-refractivity contribution < 1.29 is 10.2 Å². The standard InChI is InChI=1S/C11H14O2/c1-9(7-8-12)11(13)10-5-3-2-4-6-10/h2-7,11-13H,8H2,1H3/b9-7-/t11-/m1/s1. The van der Waals surface area contributed by atoms with Gasteiger partial charge in [0.05, 0.1) is 12.7 Å². The first-order valence-corrected chi connectivity index (χ1v) is 4.26. The van der Waals surface area contributed by atoms with Crippen molar-refractivity contribution in [3.05, 3.63) is 47.5 Å². The van der Waals surface area contributed by atoms with E-state index < -0.39 is 6.10 Å². The predicted molar refractivity (Wildman–Crippen MR) is 52.2 cm³/mol. The summed E-state index contributed by atoms with van der Waals surface area (Å²) in [6, 6.07) is 9.38. The second-order valence-electron chi connectivity index (χ2n) is 2.94. The van der Waals surface area contributed by atoms with Gasteiger partial charge in [-0.2, -0.15) is 0 Å². The molecule has 2 nitrogen and oxygen atoms in total. The molecule has 70 valence electrons. The zero-order valence-corrected chi connectivity index (χ0v) is 7.64. The third kappa shape index (κ3) is 2.68. The van der Waals surface area contributed by atoms with Crippen LogP contribution in [0.4, 0.5) is 0 Å². The Bertz CT molecular complexity index is 277. The topological polar surface area (TPSA) is 40.5 Å².